The molecule has 1 aliphatic rings. The van der Waals surface area contributed by atoms with Gasteiger partial charge in [-0.2, -0.15) is 0 Å². The highest BCUT2D eigenvalue weighted by Gasteiger charge is 2.34. The molecule has 0 aromatic rings. The van der Waals surface area contributed by atoms with Crippen LogP contribution in [-0.4, -0.2) is 47.2 Å². The molecule has 0 aromatic carbocycles. The number of hydrogen-bond donors (Lipinski definition) is 1. The molecule has 17 heavy (non-hydrogen) atoms. The van der Waals surface area contributed by atoms with Crippen LogP contribution in [0.1, 0.15) is 33.6 Å². The van der Waals surface area contributed by atoms with Crippen molar-refractivity contribution in [1.82, 2.24) is 4.90 Å². The minimum absolute atomic E-state index is 0.0110. The molecule has 0 aliphatic heterocycles. The first-order chi connectivity index (χ1) is 7.91. The Morgan fingerprint density at radius 2 is 1.94 bits per heavy atom. The minimum atomic E-state index is -0.867. The van der Waals surface area contributed by atoms with Gasteiger partial charge in [0, 0.05) is 12.6 Å². The maximum Gasteiger partial charge on any atom is 0.308 e. The van der Waals surface area contributed by atoms with Gasteiger partial charge in [0.2, 0.25) is 5.91 Å². The van der Waals surface area contributed by atoms with E-state index >= 15 is 0 Å². The molecule has 0 heterocycles. The molecule has 1 amide bonds. The lowest BCUT2D eigenvalue weighted by molar-refractivity contribution is -0.145. The monoisotopic (exact) mass is 243 g/mol. The smallest absolute Gasteiger partial charge is 0.308 e. The number of aliphatic carboxylic acids is 1. The fourth-order valence-electron chi connectivity index (χ4n) is 1.53. The molecule has 1 aliphatic carbocycles. The van der Waals surface area contributed by atoms with Crippen molar-refractivity contribution in [2.75, 3.05) is 13.2 Å². The van der Waals surface area contributed by atoms with Gasteiger partial charge in [-0.1, -0.05) is 6.92 Å². The van der Waals surface area contributed by atoms with Crippen LogP contribution in [0.2, 0.25) is 0 Å². The third kappa shape index (κ3) is 4.73. The first-order valence-electron chi connectivity index (χ1n) is 6.05. The molecule has 0 saturated heterocycles. The Morgan fingerprint density at radius 1 is 1.35 bits per heavy atom. The Morgan fingerprint density at radius 3 is 2.35 bits per heavy atom. The summed E-state index contributed by atoms with van der Waals surface area (Å²) in [7, 11) is 0. The lowest BCUT2D eigenvalue weighted by Crippen LogP contribution is -2.40. The maximum atomic E-state index is 11.9. The number of hydrogen-bond acceptors (Lipinski definition) is 3. The highest BCUT2D eigenvalue weighted by molar-refractivity contribution is 5.79. The van der Waals surface area contributed by atoms with Crippen LogP contribution in [0.4, 0.5) is 0 Å². The summed E-state index contributed by atoms with van der Waals surface area (Å²) in [5.74, 6) is -1.50. The van der Waals surface area contributed by atoms with Crippen LogP contribution in [0.5, 0.6) is 0 Å². The van der Waals surface area contributed by atoms with Gasteiger partial charge < -0.3 is 14.7 Å². The molecule has 1 atom stereocenters. The van der Waals surface area contributed by atoms with Crippen LogP contribution in [0.25, 0.3) is 0 Å². The number of carboxylic acids is 1. The number of ether oxygens (including phenoxy) is 1. The van der Waals surface area contributed by atoms with Gasteiger partial charge in [0.1, 0.15) is 6.61 Å². The van der Waals surface area contributed by atoms with Crippen LogP contribution in [-0.2, 0) is 14.3 Å². The van der Waals surface area contributed by atoms with E-state index in [0.29, 0.717) is 0 Å². The van der Waals surface area contributed by atoms with Gasteiger partial charge >= 0.3 is 5.97 Å². The van der Waals surface area contributed by atoms with Crippen LogP contribution in [0, 0.1) is 5.92 Å². The molecule has 1 N–H and O–H groups in total. The van der Waals surface area contributed by atoms with Gasteiger partial charge in [0.25, 0.3) is 0 Å². The zero-order valence-electron chi connectivity index (χ0n) is 10.7. The summed E-state index contributed by atoms with van der Waals surface area (Å²) in [6.07, 6.45) is 1.95. The number of carbonyl (C=O) groups excluding carboxylic acids is 1. The lowest BCUT2D eigenvalue weighted by atomic mass is 10.1. The van der Waals surface area contributed by atoms with Crippen molar-refractivity contribution in [2.45, 2.75) is 45.8 Å². The molecule has 0 aromatic heterocycles. The van der Waals surface area contributed by atoms with E-state index in [-0.39, 0.29) is 31.2 Å². The zero-order chi connectivity index (χ0) is 13.0. The first-order valence-corrected chi connectivity index (χ1v) is 6.05. The molecule has 0 radical (unpaired) electrons. The van der Waals surface area contributed by atoms with Crippen molar-refractivity contribution in [3.8, 4) is 0 Å². The van der Waals surface area contributed by atoms with Gasteiger partial charge in [-0.05, 0) is 26.7 Å². The van der Waals surface area contributed by atoms with Crippen LogP contribution >= 0.6 is 0 Å². The number of nitrogens with zero attached hydrogens (tertiary/aromatic N) is 1. The molecule has 0 spiro atoms. The molecule has 1 saturated carbocycles. The molecule has 1 rings (SSSR count). The predicted molar refractivity (Wildman–Crippen MR) is 62.6 cm³/mol. The van der Waals surface area contributed by atoms with Crippen molar-refractivity contribution in [3.05, 3.63) is 0 Å². The summed E-state index contributed by atoms with van der Waals surface area (Å²) in [4.78, 5) is 24.3. The van der Waals surface area contributed by atoms with Crippen molar-refractivity contribution >= 4 is 11.9 Å². The van der Waals surface area contributed by atoms with Crippen molar-refractivity contribution in [3.63, 3.8) is 0 Å². The Balaban J connectivity index is 2.47. The third-order valence-electron chi connectivity index (χ3n) is 2.74. The fourth-order valence-corrected chi connectivity index (χ4v) is 1.53. The summed E-state index contributed by atoms with van der Waals surface area (Å²) in [5, 5.41) is 8.86. The summed E-state index contributed by atoms with van der Waals surface area (Å²) >= 11 is 0. The van der Waals surface area contributed by atoms with Gasteiger partial charge in [-0.15, -0.1) is 0 Å². The molecule has 1 unspecified atom stereocenters. The first kappa shape index (κ1) is 14.0. The number of carboxylic acid groups (broad SMARTS) is 1. The summed E-state index contributed by atoms with van der Waals surface area (Å²) in [5.41, 5.74) is 0. The number of rotatable bonds is 7. The van der Waals surface area contributed by atoms with E-state index in [9.17, 15) is 9.59 Å². The van der Waals surface area contributed by atoms with Crippen molar-refractivity contribution in [1.29, 1.82) is 0 Å². The SMILES string of the molecule is CC(C)OCC(=O)N(CC(C)C(=O)O)C1CC1. The van der Waals surface area contributed by atoms with Gasteiger partial charge in [0.15, 0.2) is 0 Å². The van der Waals surface area contributed by atoms with E-state index in [2.05, 4.69) is 0 Å². The van der Waals surface area contributed by atoms with Gasteiger partial charge in [-0.3, -0.25) is 9.59 Å². The molecular formula is C12H21NO4. The predicted octanol–water partition coefficient (Wildman–Crippen LogP) is 1.12. The second-order valence-electron chi connectivity index (χ2n) is 4.88. The minimum Gasteiger partial charge on any atom is -0.481 e. The van der Waals surface area contributed by atoms with E-state index in [1.807, 2.05) is 13.8 Å². The number of carbonyl (C=O) groups is 2. The second-order valence-corrected chi connectivity index (χ2v) is 4.88. The molecule has 5 nitrogen and oxygen atoms in total. The van der Waals surface area contributed by atoms with E-state index in [4.69, 9.17) is 9.84 Å². The topological polar surface area (TPSA) is 66.8 Å². The van der Waals surface area contributed by atoms with E-state index in [1.54, 1.807) is 11.8 Å². The van der Waals surface area contributed by atoms with Crippen LogP contribution < -0.4 is 0 Å². The largest absolute Gasteiger partial charge is 0.481 e. The zero-order valence-corrected chi connectivity index (χ0v) is 10.7. The lowest BCUT2D eigenvalue weighted by Gasteiger charge is -2.24. The highest BCUT2D eigenvalue weighted by Crippen LogP contribution is 2.27. The average Bonchev–Trinajstić information content (AvgIpc) is 3.05. The summed E-state index contributed by atoms with van der Waals surface area (Å²) < 4.78 is 5.27. The summed E-state index contributed by atoms with van der Waals surface area (Å²) in [6.45, 7) is 5.68. The summed E-state index contributed by atoms with van der Waals surface area (Å²) in [6, 6.07) is 0.222. The van der Waals surface area contributed by atoms with Gasteiger partial charge in [0.05, 0.1) is 12.0 Å². The number of amides is 1. The van der Waals surface area contributed by atoms with Gasteiger partial charge in [-0.25, -0.2) is 0 Å². The van der Waals surface area contributed by atoms with E-state index < -0.39 is 11.9 Å². The maximum absolute atomic E-state index is 11.9. The molecule has 98 valence electrons. The van der Waals surface area contributed by atoms with E-state index in [1.165, 1.54) is 0 Å². The van der Waals surface area contributed by atoms with Crippen LogP contribution in [0.15, 0.2) is 0 Å². The standard InChI is InChI=1S/C12H21NO4/c1-8(2)17-7-11(14)13(10-4-5-10)6-9(3)12(15)16/h8-10H,4-7H2,1-3H3,(H,15,16). The second kappa shape index (κ2) is 6.00. The van der Waals surface area contributed by atoms with E-state index in [0.717, 1.165) is 12.8 Å². The average molecular weight is 243 g/mol. The van der Waals surface area contributed by atoms with Crippen LogP contribution in [0.3, 0.4) is 0 Å². The van der Waals surface area contributed by atoms with Crippen molar-refractivity contribution < 1.29 is 19.4 Å². The quantitative estimate of drug-likeness (QED) is 0.727. The Hall–Kier alpha value is -1.10. The molecule has 1 fully saturated rings. The Bertz CT molecular complexity index is 286. The Kier molecular flexibility index (Phi) is 4.93. The molecule has 5 heteroatoms. The van der Waals surface area contributed by atoms with Crippen molar-refractivity contribution in [2.24, 2.45) is 5.92 Å². The Labute approximate surface area is 102 Å². The highest BCUT2D eigenvalue weighted by atomic mass is 16.5. The normalized spacial score (nSPS) is 16.9. The molecular weight excluding hydrogens is 222 g/mol. The fraction of sp³-hybridized carbons (Fsp3) is 0.833. The molecule has 0 bridgehead atoms. The third-order valence-corrected chi connectivity index (χ3v) is 2.74.